The molecule has 0 radical (unpaired) electrons. The third kappa shape index (κ3) is 6.65. The van der Waals surface area contributed by atoms with Gasteiger partial charge in [-0.1, -0.05) is 29.2 Å². The number of rotatable bonds is 10. The monoisotopic (exact) mass is 433 g/mol. The van der Waals surface area contributed by atoms with Gasteiger partial charge in [-0.2, -0.15) is 4.98 Å². The van der Waals surface area contributed by atoms with Gasteiger partial charge in [-0.15, -0.1) is 11.3 Å². The van der Waals surface area contributed by atoms with Gasteiger partial charge in [0.1, 0.15) is 5.69 Å². The summed E-state index contributed by atoms with van der Waals surface area (Å²) in [6, 6.07) is 6.92. The van der Waals surface area contributed by atoms with Gasteiger partial charge in [0.2, 0.25) is 17.6 Å². The Balaban J connectivity index is 1.26. The molecule has 3 aromatic heterocycles. The highest BCUT2D eigenvalue weighted by Gasteiger charge is 2.10. The van der Waals surface area contributed by atoms with Gasteiger partial charge < -0.3 is 15.2 Å². The van der Waals surface area contributed by atoms with Crippen molar-refractivity contribution in [2.24, 2.45) is 0 Å². The minimum Gasteiger partial charge on any atom is -0.355 e. The van der Waals surface area contributed by atoms with Crippen molar-refractivity contribution < 1.29 is 14.1 Å². The molecule has 0 aliphatic rings. The predicted octanol–water partition coefficient (Wildman–Crippen LogP) is 3.11. The number of unbranched alkanes of at least 4 members (excludes halogenated alkanes) is 2. The van der Waals surface area contributed by atoms with Gasteiger partial charge in [-0.25, -0.2) is 0 Å². The third-order valence-electron chi connectivity index (χ3n) is 3.96. The quantitative estimate of drug-likeness (QED) is 0.475. The van der Waals surface area contributed by atoms with Gasteiger partial charge in [-0.05, 0) is 36.4 Å². The molecule has 0 saturated heterocycles. The fraction of sp³-hybridized carbons (Fsp3) is 0.316. The summed E-state index contributed by atoms with van der Waals surface area (Å²) in [5.74, 6) is 0.550. The summed E-state index contributed by atoms with van der Waals surface area (Å²) < 4.78 is 5.25. The van der Waals surface area contributed by atoms with E-state index in [9.17, 15) is 9.59 Å². The molecule has 0 aromatic carbocycles. The molecule has 10 heteroatoms. The Morgan fingerprint density at radius 2 is 2.07 bits per heavy atom. The number of carbonyl (C=O) groups is 2. The van der Waals surface area contributed by atoms with E-state index < -0.39 is 5.91 Å². The van der Waals surface area contributed by atoms with Gasteiger partial charge in [0.25, 0.3) is 5.91 Å². The molecule has 0 bridgehead atoms. The molecule has 0 atom stereocenters. The van der Waals surface area contributed by atoms with E-state index in [1.165, 1.54) is 12.3 Å². The number of aryl methyl sites for hydroxylation is 1. The second-order valence-corrected chi connectivity index (χ2v) is 7.58. The van der Waals surface area contributed by atoms with Gasteiger partial charge in [-0.3, -0.25) is 14.6 Å². The van der Waals surface area contributed by atoms with E-state index in [2.05, 4.69) is 25.8 Å². The summed E-state index contributed by atoms with van der Waals surface area (Å²) in [6.07, 6.45) is 4.76. The van der Waals surface area contributed by atoms with E-state index in [0.717, 1.165) is 24.1 Å². The van der Waals surface area contributed by atoms with Crippen LogP contribution in [0.4, 0.5) is 0 Å². The van der Waals surface area contributed by atoms with E-state index >= 15 is 0 Å². The molecular formula is C19H20ClN5O3S. The lowest BCUT2D eigenvalue weighted by Gasteiger charge is -2.06. The molecule has 3 rings (SSSR count). The molecule has 0 aliphatic heterocycles. The smallest absolute Gasteiger partial charge is 0.270 e. The van der Waals surface area contributed by atoms with Gasteiger partial charge >= 0.3 is 0 Å². The maximum Gasteiger partial charge on any atom is 0.270 e. The van der Waals surface area contributed by atoms with Crippen molar-refractivity contribution in [2.75, 3.05) is 13.1 Å². The Morgan fingerprint density at radius 3 is 2.86 bits per heavy atom. The number of amides is 2. The summed E-state index contributed by atoms with van der Waals surface area (Å²) in [5.41, 5.74) is 0.175. The van der Waals surface area contributed by atoms with Crippen LogP contribution in [-0.2, 0) is 11.2 Å². The number of thiophene rings is 1. The first kappa shape index (κ1) is 20.9. The van der Waals surface area contributed by atoms with E-state index in [4.69, 9.17) is 16.1 Å². The van der Waals surface area contributed by atoms with Crippen LogP contribution in [0.15, 0.2) is 40.4 Å². The number of halogens is 1. The lowest BCUT2D eigenvalue weighted by molar-refractivity contribution is -0.120. The minimum atomic E-state index is -0.441. The Hall–Kier alpha value is -2.78. The lowest BCUT2D eigenvalue weighted by Crippen LogP contribution is -2.37. The fourth-order valence-corrected chi connectivity index (χ4v) is 3.32. The number of hydrogen-bond donors (Lipinski definition) is 2. The second kappa shape index (κ2) is 10.7. The Bertz CT molecular complexity index is 945. The summed E-state index contributed by atoms with van der Waals surface area (Å²) >= 11 is 7.38. The highest BCUT2D eigenvalue weighted by atomic mass is 35.5. The Labute approximate surface area is 176 Å². The van der Waals surface area contributed by atoms with Crippen LogP contribution in [0.1, 0.15) is 35.6 Å². The molecule has 0 unspecified atom stereocenters. The van der Waals surface area contributed by atoms with Crippen LogP contribution >= 0.6 is 22.9 Å². The van der Waals surface area contributed by atoms with Crippen molar-refractivity contribution in [3.63, 3.8) is 0 Å². The minimum absolute atomic E-state index is 0.111. The van der Waals surface area contributed by atoms with E-state index in [0.29, 0.717) is 29.7 Å². The molecule has 0 fully saturated rings. The zero-order valence-corrected chi connectivity index (χ0v) is 17.1. The van der Waals surface area contributed by atoms with Crippen molar-refractivity contribution >= 4 is 34.8 Å². The maximum absolute atomic E-state index is 11.9. The SMILES string of the molecule is O=C(CNC(=O)c1cc(Cl)ccn1)NCCCCCc1nc(-c2cccs2)no1. The van der Waals surface area contributed by atoms with Crippen molar-refractivity contribution in [1.29, 1.82) is 0 Å². The third-order valence-corrected chi connectivity index (χ3v) is 5.06. The van der Waals surface area contributed by atoms with Crippen LogP contribution in [0.25, 0.3) is 10.7 Å². The normalized spacial score (nSPS) is 10.7. The number of hydrogen-bond acceptors (Lipinski definition) is 7. The van der Waals surface area contributed by atoms with Crippen molar-refractivity contribution in [1.82, 2.24) is 25.8 Å². The predicted molar refractivity (Wildman–Crippen MR) is 110 cm³/mol. The Kier molecular flexibility index (Phi) is 7.71. The van der Waals surface area contributed by atoms with E-state index in [1.54, 1.807) is 17.4 Å². The van der Waals surface area contributed by atoms with Crippen LogP contribution in [0.2, 0.25) is 5.02 Å². The van der Waals surface area contributed by atoms with Crippen LogP contribution in [0.3, 0.4) is 0 Å². The molecular weight excluding hydrogens is 414 g/mol. The molecule has 3 aromatic rings. The fourth-order valence-electron chi connectivity index (χ4n) is 2.51. The van der Waals surface area contributed by atoms with Crippen LogP contribution in [0, 0.1) is 0 Å². The molecule has 2 amide bonds. The van der Waals surface area contributed by atoms with Gasteiger partial charge in [0.15, 0.2) is 0 Å². The van der Waals surface area contributed by atoms with Crippen LogP contribution in [-0.4, -0.2) is 40.0 Å². The Morgan fingerprint density at radius 1 is 1.17 bits per heavy atom. The van der Waals surface area contributed by atoms with Crippen molar-refractivity contribution in [3.05, 3.63) is 52.4 Å². The zero-order chi connectivity index (χ0) is 20.5. The first-order valence-electron chi connectivity index (χ1n) is 9.15. The largest absolute Gasteiger partial charge is 0.355 e. The van der Waals surface area contributed by atoms with E-state index in [-0.39, 0.29) is 18.1 Å². The topological polar surface area (TPSA) is 110 Å². The van der Waals surface area contributed by atoms with Crippen LogP contribution < -0.4 is 10.6 Å². The summed E-state index contributed by atoms with van der Waals surface area (Å²) in [4.78, 5) is 33.0. The summed E-state index contributed by atoms with van der Waals surface area (Å²) in [6.45, 7) is 0.426. The number of nitrogens with one attached hydrogen (secondary N) is 2. The first-order valence-corrected chi connectivity index (χ1v) is 10.4. The molecule has 152 valence electrons. The van der Waals surface area contributed by atoms with Crippen LogP contribution in [0.5, 0.6) is 0 Å². The molecule has 0 spiro atoms. The first-order chi connectivity index (χ1) is 14.1. The highest BCUT2D eigenvalue weighted by molar-refractivity contribution is 7.13. The van der Waals surface area contributed by atoms with Gasteiger partial charge in [0.05, 0.1) is 11.4 Å². The second-order valence-electron chi connectivity index (χ2n) is 6.19. The number of pyridine rings is 1. The van der Waals surface area contributed by atoms with E-state index in [1.807, 2.05) is 17.5 Å². The number of nitrogens with zero attached hydrogens (tertiary/aromatic N) is 3. The molecule has 29 heavy (non-hydrogen) atoms. The van der Waals surface area contributed by atoms with Crippen molar-refractivity contribution in [2.45, 2.75) is 25.7 Å². The number of aromatic nitrogens is 3. The molecule has 3 heterocycles. The zero-order valence-electron chi connectivity index (χ0n) is 15.6. The standard InChI is InChI=1S/C19H20ClN5O3S/c20-13-7-9-21-14(11-13)19(27)23-12-16(26)22-8-3-1-2-6-17-24-18(25-28-17)15-5-4-10-29-15/h4-5,7,9-11H,1-3,6,8,12H2,(H,22,26)(H,23,27). The molecule has 0 saturated carbocycles. The van der Waals surface area contributed by atoms with Crippen molar-refractivity contribution in [3.8, 4) is 10.7 Å². The highest BCUT2D eigenvalue weighted by Crippen LogP contribution is 2.21. The average Bonchev–Trinajstić information content (AvgIpc) is 3.40. The molecule has 2 N–H and O–H groups in total. The van der Waals surface area contributed by atoms with Gasteiger partial charge in [0, 0.05) is 24.2 Å². The molecule has 8 nitrogen and oxygen atoms in total. The molecule has 0 aliphatic carbocycles. The maximum atomic E-state index is 11.9. The summed E-state index contributed by atoms with van der Waals surface area (Å²) in [5, 5.41) is 11.7. The summed E-state index contributed by atoms with van der Waals surface area (Å²) in [7, 11) is 0. The number of carbonyl (C=O) groups excluding carboxylic acids is 2. The average molecular weight is 434 g/mol. The lowest BCUT2D eigenvalue weighted by atomic mass is 10.2.